The molecule has 0 bridgehead atoms. The summed E-state index contributed by atoms with van der Waals surface area (Å²) in [5.41, 5.74) is 0.780. The fourth-order valence-electron chi connectivity index (χ4n) is 2.38. The fraction of sp³-hybridized carbons (Fsp3) is 0.0476. The highest BCUT2D eigenvalue weighted by Gasteiger charge is 2.20. The van der Waals surface area contributed by atoms with Crippen LogP contribution in [0.25, 0.3) is 0 Å². The average molecular weight is 383 g/mol. The Labute approximate surface area is 156 Å². The van der Waals surface area contributed by atoms with E-state index in [4.69, 9.17) is 0 Å². The van der Waals surface area contributed by atoms with E-state index in [2.05, 4.69) is 11.8 Å². The van der Waals surface area contributed by atoms with Crippen molar-refractivity contribution in [2.45, 2.75) is 11.8 Å². The summed E-state index contributed by atoms with van der Waals surface area (Å²) in [7, 11) is -4.11. The van der Waals surface area contributed by atoms with Gasteiger partial charge in [0.15, 0.2) is 11.6 Å². The van der Waals surface area contributed by atoms with Gasteiger partial charge in [0.2, 0.25) is 0 Å². The zero-order valence-electron chi connectivity index (χ0n) is 14.3. The zero-order valence-corrected chi connectivity index (χ0v) is 15.1. The predicted molar refractivity (Wildman–Crippen MR) is 101 cm³/mol. The number of hydrogen-bond donors (Lipinski definition) is 1. The van der Waals surface area contributed by atoms with Crippen LogP contribution in [0.3, 0.4) is 0 Å². The molecule has 0 unspecified atom stereocenters. The van der Waals surface area contributed by atoms with Crippen molar-refractivity contribution in [2.75, 3.05) is 4.72 Å². The number of nitrogens with one attached hydrogen (secondary N) is 1. The molecule has 3 aromatic rings. The number of hydrogen-bond acceptors (Lipinski definition) is 2. The molecule has 136 valence electrons. The third-order valence-corrected chi connectivity index (χ3v) is 5.05. The monoisotopic (exact) mass is 383 g/mol. The van der Waals surface area contributed by atoms with Crippen LogP contribution >= 0.6 is 0 Å². The third-order valence-electron chi connectivity index (χ3n) is 3.70. The molecule has 3 nitrogen and oxygen atoms in total. The maximum atomic E-state index is 14.3. The van der Waals surface area contributed by atoms with Crippen LogP contribution in [0.2, 0.25) is 0 Å². The Bertz CT molecular complexity index is 1120. The van der Waals surface area contributed by atoms with Crippen LogP contribution in [0.4, 0.5) is 14.5 Å². The van der Waals surface area contributed by atoms with Gasteiger partial charge in [0.25, 0.3) is 10.0 Å². The van der Waals surface area contributed by atoms with E-state index in [1.54, 1.807) is 43.3 Å². The number of rotatable bonds is 3. The molecule has 0 fully saturated rings. The van der Waals surface area contributed by atoms with Crippen molar-refractivity contribution in [1.29, 1.82) is 0 Å². The van der Waals surface area contributed by atoms with E-state index in [-0.39, 0.29) is 10.5 Å². The summed E-state index contributed by atoms with van der Waals surface area (Å²) in [6.07, 6.45) is 0. The van der Waals surface area contributed by atoms with Crippen LogP contribution < -0.4 is 4.72 Å². The lowest BCUT2D eigenvalue weighted by atomic mass is 10.1. The Morgan fingerprint density at radius 3 is 2.07 bits per heavy atom. The van der Waals surface area contributed by atoms with Gasteiger partial charge in [-0.25, -0.2) is 17.2 Å². The number of benzene rings is 3. The van der Waals surface area contributed by atoms with Crippen LogP contribution in [-0.4, -0.2) is 8.42 Å². The maximum Gasteiger partial charge on any atom is 0.262 e. The molecule has 0 aliphatic carbocycles. The van der Waals surface area contributed by atoms with E-state index in [1.165, 1.54) is 12.1 Å². The van der Waals surface area contributed by atoms with E-state index < -0.39 is 27.3 Å². The summed E-state index contributed by atoms with van der Waals surface area (Å²) in [4.78, 5) is -0.0748. The molecule has 0 atom stereocenters. The summed E-state index contributed by atoms with van der Waals surface area (Å²) in [6.45, 7) is 1.72. The van der Waals surface area contributed by atoms with E-state index in [1.807, 2.05) is 10.8 Å². The molecule has 3 rings (SSSR count). The Balaban J connectivity index is 1.91. The van der Waals surface area contributed by atoms with Gasteiger partial charge in [-0.15, -0.1) is 0 Å². The molecular weight excluding hydrogens is 368 g/mol. The molecule has 1 N–H and O–H groups in total. The van der Waals surface area contributed by atoms with E-state index in [9.17, 15) is 17.2 Å². The SMILES string of the molecule is Cc1cccc(S(=O)(=O)Nc2c(F)cc(C#Cc3ccccc3)cc2F)c1. The van der Waals surface area contributed by atoms with Crippen LogP contribution in [0.15, 0.2) is 71.6 Å². The fourth-order valence-corrected chi connectivity index (χ4v) is 3.56. The van der Waals surface area contributed by atoms with Crippen LogP contribution in [0, 0.1) is 30.4 Å². The highest BCUT2D eigenvalue weighted by Crippen LogP contribution is 2.24. The first-order valence-electron chi connectivity index (χ1n) is 8.01. The molecule has 0 radical (unpaired) electrons. The minimum Gasteiger partial charge on any atom is -0.274 e. The largest absolute Gasteiger partial charge is 0.274 e. The predicted octanol–water partition coefficient (Wildman–Crippen LogP) is 4.47. The third kappa shape index (κ3) is 4.52. The molecule has 27 heavy (non-hydrogen) atoms. The van der Waals surface area contributed by atoms with Gasteiger partial charge >= 0.3 is 0 Å². The molecule has 0 aliphatic heterocycles. The molecule has 0 saturated carbocycles. The number of sulfonamides is 1. The first-order valence-corrected chi connectivity index (χ1v) is 9.49. The standard InChI is InChI=1S/C21H15F2NO2S/c1-15-6-5-9-18(12-15)27(25,26)24-21-19(22)13-17(14-20(21)23)11-10-16-7-3-2-4-8-16/h2-9,12-14,24H,1H3. The van der Waals surface area contributed by atoms with Gasteiger partial charge in [0, 0.05) is 11.1 Å². The normalized spacial score (nSPS) is 10.8. The quantitative estimate of drug-likeness (QED) is 0.678. The van der Waals surface area contributed by atoms with Gasteiger partial charge in [-0.1, -0.05) is 42.2 Å². The van der Waals surface area contributed by atoms with Crippen LogP contribution in [0.5, 0.6) is 0 Å². The second kappa shape index (κ2) is 7.60. The van der Waals surface area contributed by atoms with Crippen molar-refractivity contribution >= 4 is 15.7 Å². The molecule has 0 heterocycles. The second-order valence-corrected chi connectivity index (χ2v) is 7.54. The lowest BCUT2D eigenvalue weighted by Crippen LogP contribution is -2.15. The Kier molecular flexibility index (Phi) is 5.24. The average Bonchev–Trinajstić information content (AvgIpc) is 2.64. The lowest BCUT2D eigenvalue weighted by Gasteiger charge is -2.11. The number of halogens is 2. The summed E-state index contributed by atoms with van der Waals surface area (Å²) in [6, 6.07) is 17.0. The summed E-state index contributed by atoms with van der Waals surface area (Å²) in [5.74, 6) is 3.38. The van der Waals surface area contributed by atoms with Gasteiger partial charge < -0.3 is 0 Å². The zero-order chi connectivity index (χ0) is 19.4. The molecule has 0 aromatic heterocycles. The second-order valence-electron chi connectivity index (χ2n) is 5.85. The van der Waals surface area contributed by atoms with Gasteiger partial charge in [-0.2, -0.15) is 0 Å². The van der Waals surface area contributed by atoms with E-state index >= 15 is 0 Å². The van der Waals surface area contributed by atoms with Crippen molar-refractivity contribution in [3.8, 4) is 11.8 Å². The van der Waals surface area contributed by atoms with Gasteiger partial charge in [0.1, 0.15) is 5.69 Å². The van der Waals surface area contributed by atoms with Gasteiger partial charge in [0.05, 0.1) is 4.90 Å². The summed E-state index contributed by atoms with van der Waals surface area (Å²) < 4.78 is 55.4. The molecule has 0 aliphatic rings. The van der Waals surface area contributed by atoms with Crippen molar-refractivity contribution in [2.24, 2.45) is 0 Å². The van der Waals surface area contributed by atoms with Crippen LogP contribution in [-0.2, 0) is 10.0 Å². The van der Waals surface area contributed by atoms with Crippen molar-refractivity contribution in [3.63, 3.8) is 0 Å². The Morgan fingerprint density at radius 1 is 0.815 bits per heavy atom. The summed E-state index contributed by atoms with van der Waals surface area (Å²) >= 11 is 0. The number of anilines is 1. The van der Waals surface area contributed by atoms with Gasteiger partial charge in [-0.3, -0.25) is 4.72 Å². The highest BCUT2D eigenvalue weighted by atomic mass is 32.2. The van der Waals surface area contributed by atoms with Crippen molar-refractivity contribution in [1.82, 2.24) is 0 Å². The van der Waals surface area contributed by atoms with Crippen molar-refractivity contribution in [3.05, 3.63) is 95.1 Å². The van der Waals surface area contributed by atoms with E-state index in [0.29, 0.717) is 11.1 Å². The molecule has 6 heteroatoms. The minimum atomic E-state index is -4.11. The maximum absolute atomic E-state index is 14.3. The number of aryl methyl sites for hydroxylation is 1. The molecule has 3 aromatic carbocycles. The Hall–Kier alpha value is -3.17. The molecule has 0 spiro atoms. The first-order chi connectivity index (χ1) is 12.8. The van der Waals surface area contributed by atoms with Crippen LogP contribution in [0.1, 0.15) is 16.7 Å². The van der Waals surface area contributed by atoms with E-state index in [0.717, 1.165) is 12.1 Å². The smallest absolute Gasteiger partial charge is 0.262 e. The highest BCUT2D eigenvalue weighted by molar-refractivity contribution is 7.92. The molecular formula is C21H15F2NO2S. The minimum absolute atomic E-state index is 0.0748. The topological polar surface area (TPSA) is 46.2 Å². The molecule has 0 saturated heterocycles. The van der Waals surface area contributed by atoms with Crippen molar-refractivity contribution < 1.29 is 17.2 Å². The Morgan fingerprint density at radius 2 is 1.44 bits per heavy atom. The van der Waals surface area contributed by atoms with Gasteiger partial charge in [-0.05, 0) is 48.9 Å². The lowest BCUT2D eigenvalue weighted by molar-refractivity contribution is 0.582. The molecule has 0 amide bonds. The first kappa shape index (κ1) is 18.6. The summed E-state index contributed by atoms with van der Waals surface area (Å²) in [5, 5.41) is 0.